The molecule has 0 N–H and O–H groups in total. The Hall–Kier alpha value is -1.58. The minimum absolute atomic E-state index is 0.0632. The van der Waals surface area contributed by atoms with Crippen molar-refractivity contribution in [1.82, 2.24) is 0 Å². The molecule has 21 heavy (non-hydrogen) atoms. The molecule has 0 fully saturated rings. The number of rotatable bonds is 5. The van der Waals surface area contributed by atoms with E-state index in [4.69, 9.17) is 11.6 Å². The Bertz CT molecular complexity index is 719. The highest BCUT2D eigenvalue weighted by Crippen LogP contribution is 2.29. The summed E-state index contributed by atoms with van der Waals surface area (Å²) in [6.45, 7) is 5.75. The van der Waals surface area contributed by atoms with E-state index in [1.54, 1.807) is 30.3 Å². The topological polar surface area (TPSA) is 34.1 Å². The number of sulfone groups is 1. The number of halogens is 1. The van der Waals surface area contributed by atoms with Crippen LogP contribution in [0.4, 0.5) is 0 Å². The van der Waals surface area contributed by atoms with E-state index in [9.17, 15) is 8.42 Å². The van der Waals surface area contributed by atoms with Crippen molar-refractivity contribution in [2.75, 3.05) is 0 Å². The summed E-state index contributed by atoms with van der Waals surface area (Å²) in [6.07, 6.45) is 0.388. The minimum atomic E-state index is -3.47. The van der Waals surface area contributed by atoms with Gasteiger partial charge in [0, 0.05) is 9.93 Å². The van der Waals surface area contributed by atoms with Crippen LogP contribution in [0.5, 0.6) is 0 Å². The largest absolute Gasteiger partial charge is 0.219 e. The lowest BCUT2D eigenvalue weighted by molar-refractivity contribution is 0.598. The first-order chi connectivity index (χ1) is 9.91. The molecule has 110 valence electrons. The van der Waals surface area contributed by atoms with E-state index in [-0.39, 0.29) is 10.8 Å². The van der Waals surface area contributed by atoms with Gasteiger partial charge in [-0.05, 0) is 42.2 Å². The van der Waals surface area contributed by atoms with Gasteiger partial charge in [-0.15, -0.1) is 0 Å². The molecule has 2 aromatic rings. The highest BCUT2D eigenvalue weighted by molar-refractivity contribution is 7.95. The van der Waals surface area contributed by atoms with Crippen molar-refractivity contribution in [2.24, 2.45) is 0 Å². The molecular weight excluding hydrogens is 304 g/mol. The van der Waals surface area contributed by atoms with Crippen LogP contribution in [0.1, 0.15) is 24.8 Å². The molecule has 0 radical (unpaired) electrons. The predicted molar refractivity (Wildman–Crippen MR) is 87.3 cm³/mol. The molecule has 1 unspecified atom stereocenters. The second-order valence-electron chi connectivity index (χ2n) is 5.01. The molecule has 0 saturated heterocycles. The van der Waals surface area contributed by atoms with Gasteiger partial charge in [-0.3, -0.25) is 0 Å². The highest BCUT2D eigenvalue weighted by Gasteiger charge is 2.20. The molecule has 0 bridgehead atoms. The van der Waals surface area contributed by atoms with Crippen LogP contribution in [0, 0.1) is 0 Å². The normalized spacial score (nSPS) is 12.9. The molecule has 0 heterocycles. The molecular formula is C17H17ClO2S. The van der Waals surface area contributed by atoms with E-state index in [1.807, 2.05) is 31.2 Å². The quantitative estimate of drug-likeness (QED) is 0.791. The third kappa shape index (κ3) is 3.74. The molecule has 0 amide bonds. The third-order valence-corrected chi connectivity index (χ3v) is 5.48. The summed E-state index contributed by atoms with van der Waals surface area (Å²) >= 11 is 5.86. The first-order valence-corrected chi connectivity index (χ1v) is 8.51. The maximum absolute atomic E-state index is 12.4. The van der Waals surface area contributed by atoms with Crippen LogP contribution < -0.4 is 0 Å². The lowest BCUT2D eigenvalue weighted by Gasteiger charge is -2.14. The van der Waals surface area contributed by atoms with Gasteiger partial charge in [-0.2, -0.15) is 0 Å². The summed E-state index contributed by atoms with van der Waals surface area (Å²) in [4.78, 5) is 0.523. The van der Waals surface area contributed by atoms with Gasteiger partial charge in [0.25, 0.3) is 0 Å². The fourth-order valence-electron chi connectivity index (χ4n) is 2.13. The van der Waals surface area contributed by atoms with E-state index in [2.05, 4.69) is 6.58 Å². The van der Waals surface area contributed by atoms with Crippen molar-refractivity contribution < 1.29 is 8.42 Å². The van der Waals surface area contributed by atoms with Crippen LogP contribution >= 0.6 is 11.6 Å². The van der Waals surface area contributed by atoms with Gasteiger partial charge in [0.2, 0.25) is 9.84 Å². The molecule has 1 atom stereocenters. The Kier molecular flexibility index (Phi) is 4.86. The SMILES string of the molecule is C=C(CC(C)c1ccc(Cl)cc1)S(=O)(=O)c1ccccc1. The van der Waals surface area contributed by atoms with Crippen LogP contribution in [0.15, 0.2) is 71.0 Å². The number of benzene rings is 2. The molecule has 0 spiro atoms. The Morgan fingerprint density at radius 1 is 1.10 bits per heavy atom. The van der Waals surface area contributed by atoms with Gasteiger partial charge in [0.15, 0.2) is 0 Å². The predicted octanol–water partition coefficient (Wildman–Crippen LogP) is 4.82. The van der Waals surface area contributed by atoms with Crippen molar-refractivity contribution in [2.45, 2.75) is 24.2 Å². The number of allylic oxidation sites excluding steroid dienone is 1. The first-order valence-electron chi connectivity index (χ1n) is 6.64. The standard InChI is InChI=1S/C17H17ClO2S/c1-13(15-8-10-16(18)11-9-15)12-14(2)21(19,20)17-6-4-3-5-7-17/h3-11,13H,2,12H2,1H3. The summed E-state index contributed by atoms with van der Waals surface area (Å²) in [5, 5.41) is 0.668. The Morgan fingerprint density at radius 3 is 2.24 bits per heavy atom. The van der Waals surface area contributed by atoms with Crippen LogP contribution in [0.3, 0.4) is 0 Å². The third-order valence-electron chi connectivity index (χ3n) is 3.41. The van der Waals surface area contributed by atoms with E-state index >= 15 is 0 Å². The zero-order chi connectivity index (χ0) is 15.5. The maximum Gasteiger partial charge on any atom is 0.202 e. The zero-order valence-electron chi connectivity index (χ0n) is 11.8. The van der Waals surface area contributed by atoms with Crippen LogP contribution in [0.2, 0.25) is 5.02 Å². The fourth-order valence-corrected chi connectivity index (χ4v) is 3.57. The molecule has 0 saturated carbocycles. The average Bonchev–Trinajstić information content (AvgIpc) is 2.48. The van der Waals surface area contributed by atoms with Crippen LogP contribution in [-0.4, -0.2) is 8.42 Å². The van der Waals surface area contributed by atoms with Crippen molar-refractivity contribution in [3.05, 3.63) is 76.7 Å². The lowest BCUT2D eigenvalue weighted by Crippen LogP contribution is -2.07. The maximum atomic E-state index is 12.4. The average molecular weight is 321 g/mol. The summed E-state index contributed by atoms with van der Waals surface area (Å²) in [5.41, 5.74) is 1.05. The molecule has 2 rings (SSSR count). The van der Waals surface area contributed by atoms with Crippen LogP contribution in [0.25, 0.3) is 0 Å². The molecule has 2 aromatic carbocycles. The van der Waals surface area contributed by atoms with Gasteiger partial charge in [-0.1, -0.05) is 55.4 Å². The Balaban J connectivity index is 2.16. The molecule has 0 aliphatic heterocycles. The monoisotopic (exact) mass is 320 g/mol. The van der Waals surface area contributed by atoms with Gasteiger partial charge in [0.05, 0.1) is 4.90 Å². The first kappa shape index (κ1) is 15.8. The molecule has 2 nitrogen and oxygen atoms in total. The van der Waals surface area contributed by atoms with Gasteiger partial charge in [-0.25, -0.2) is 8.42 Å². The summed E-state index contributed by atoms with van der Waals surface area (Å²) in [7, 11) is -3.47. The van der Waals surface area contributed by atoms with Crippen molar-refractivity contribution in [3.63, 3.8) is 0 Å². The van der Waals surface area contributed by atoms with E-state index in [1.165, 1.54) is 0 Å². The number of hydrogen-bond donors (Lipinski definition) is 0. The van der Waals surface area contributed by atoms with Gasteiger partial charge < -0.3 is 0 Å². The Labute approximate surface area is 131 Å². The second-order valence-corrected chi connectivity index (χ2v) is 7.50. The van der Waals surface area contributed by atoms with Gasteiger partial charge in [0.1, 0.15) is 0 Å². The second kappa shape index (κ2) is 6.46. The fraction of sp³-hybridized carbons (Fsp3) is 0.176. The van der Waals surface area contributed by atoms with Crippen molar-refractivity contribution in [3.8, 4) is 0 Å². The molecule has 0 aromatic heterocycles. The van der Waals surface area contributed by atoms with Crippen LogP contribution in [-0.2, 0) is 9.84 Å². The molecule has 0 aliphatic rings. The zero-order valence-corrected chi connectivity index (χ0v) is 13.4. The van der Waals surface area contributed by atoms with E-state index in [0.717, 1.165) is 5.56 Å². The van der Waals surface area contributed by atoms with E-state index < -0.39 is 9.84 Å². The minimum Gasteiger partial charge on any atom is -0.219 e. The van der Waals surface area contributed by atoms with Crippen molar-refractivity contribution >= 4 is 21.4 Å². The Morgan fingerprint density at radius 2 is 1.67 bits per heavy atom. The number of hydrogen-bond acceptors (Lipinski definition) is 2. The highest BCUT2D eigenvalue weighted by atomic mass is 35.5. The summed E-state index contributed by atoms with van der Waals surface area (Å²) in [5.74, 6) is 0.0632. The smallest absolute Gasteiger partial charge is 0.202 e. The molecule has 4 heteroatoms. The van der Waals surface area contributed by atoms with Gasteiger partial charge >= 0.3 is 0 Å². The molecule has 0 aliphatic carbocycles. The summed E-state index contributed by atoms with van der Waals surface area (Å²) < 4.78 is 24.9. The van der Waals surface area contributed by atoms with Crippen molar-refractivity contribution in [1.29, 1.82) is 0 Å². The summed E-state index contributed by atoms with van der Waals surface area (Å²) in [6, 6.07) is 15.8. The van der Waals surface area contributed by atoms with E-state index in [0.29, 0.717) is 16.3 Å². The lowest BCUT2D eigenvalue weighted by atomic mass is 9.98.